The van der Waals surface area contributed by atoms with Crippen LogP contribution < -0.4 is 0 Å². The average Bonchev–Trinajstić information content (AvgIpc) is 2.32. The molecule has 0 radical (unpaired) electrons. The first-order chi connectivity index (χ1) is 10.5. The molecule has 0 saturated heterocycles. The smallest absolute Gasteiger partial charge is 0.287 e. The summed E-state index contributed by atoms with van der Waals surface area (Å²) >= 11 is 0. The first-order valence-electron chi connectivity index (χ1n) is 8.48. The molecule has 0 amide bonds. The Morgan fingerprint density at radius 1 is 0.750 bits per heavy atom. The van der Waals surface area contributed by atoms with Crippen LogP contribution in [0.5, 0.6) is 0 Å². The summed E-state index contributed by atoms with van der Waals surface area (Å²) in [6.07, 6.45) is 0. The van der Waals surface area contributed by atoms with Crippen molar-refractivity contribution in [3.05, 3.63) is 29.8 Å². The zero-order valence-corrected chi connectivity index (χ0v) is 18.8. The van der Waals surface area contributed by atoms with Crippen molar-refractivity contribution in [3.63, 3.8) is 0 Å². The molecule has 0 atom stereocenters. The van der Waals surface area contributed by atoms with Crippen LogP contribution in [0.3, 0.4) is 0 Å². The van der Waals surface area contributed by atoms with Crippen molar-refractivity contribution < 1.29 is 12.3 Å². The van der Waals surface area contributed by atoms with Crippen molar-refractivity contribution >= 4 is 18.4 Å². The van der Waals surface area contributed by atoms with Gasteiger partial charge in [0.2, 0.25) is 8.32 Å². The summed E-state index contributed by atoms with van der Waals surface area (Å²) in [4.78, 5) is 0.239. The van der Waals surface area contributed by atoms with Gasteiger partial charge in [-0.05, 0) is 34.2 Å². The maximum Gasteiger partial charge on any atom is 0.287 e. The molecule has 0 fully saturated rings. The summed E-state index contributed by atoms with van der Waals surface area (Å²) < 4.78 is 32.5. The molecule has 0 spiro atoms. The minimum atomic E-state index is -3.82. The summed E-state index contributed by atoms with van der Waals surface area (Å²) in [7, 11) is -6.64. The van der Waals surface area contributed by atoms with Gasteiger partial charge in [-0.1, -0.05) is 80.0 Å². The lowest BCUT2D eigenvalue weighted by atomic mass is 10.2. The Morgan fingerprint density at radius 2 is 1.08 bits per heavy atom. The van der Waals surface area contributed by atoms with Crippen LogP contribution in [0, 0.1) is 6.92 Å². The van der Waals surface area contributed by atoms with Crippen molar-refractivity contribution in [3.8, 4) is 0 Å². The van der Waals surface area contributed by atoms with Gasteiger partial charge in [0.15, 0.2) is 0 Å². The molecule has 3 nitrogen and oxygen atoms in total. The van der Waals surface area contributed by atoms with E-state index in [1.54, 1.807) is 12.1 Å². The lowest BCUT2D eigenvalue weighted by Crippen LogP contribution is -2.61. The molecule has 5 heteroatoms. The lowest BCUT2D eigenvalue weighted by molar-refractivity contribution is 0.368. The van der Waals surface area contributed by atoms with Crippen LogP contribution >= 0.6 is 0 Å². The quantitative estimate of drug-likeness (QED) is 0.609. The van der Waals surface area contributed by atoms with E-state index < -0.39 is 18.4 Å². The van der Waals surface area contributed by atoms with E-state index in [0.29, 0.717) is 0 Å². The number of benzene rings is 1. The third kappa shape index (κ3) is 3.78. The van der Waals surface area contributed by atoms with Crippen molar-refractivity contribution in [1.82, 2.24) is 0 Å². The Kier molecular flexibility index (Phi) is 5.58. The van der Waals surface area contributed by atoms with Crippen LogP contribution in [0.1, 0.15) is 67.9 Å². The zero-order chi connectivity index (χ0) is 19.2. The molecule has 24 heavy (non-hydrogen) atoms. The van der Waals surface area contributed by atoms with Gasteiger partial charge < -0.3 is 3.87 Å². The van der Waals surface area contributed by atoms with Gasteiger partial charge in [-0.25, -0.2) is 0 Å². The molecule has 0 heterocycles. The highest BCUT2D eigenvalue weighted by molar-refractivity contribution is 7.88. The van der Waals surface area contributed by atoms with Crippen LogP contribution in [0.15, 0.2) is 29.2 Å². The Bertz CT molecular complexity index is 633. The summed E-state index contributed by atoms with van der Waals surface area (Å²) in [6.45, 7) is 20.9. The fraction of sp³-hybridized carbons (Fsp3) is 0.684. The second kappa shape index (κ2) is 6.26. The van der Waals surface area contributed by atoms with E-state index in [-0.39, 0.29) is 20.0 Å². The van der Waals surface area contributed by atoms with E-state index in [1.807, 2.05) is 19.1 Å². The molecule has 0 aromatic heterocycles. The highest BCUT2D eigenvalue weighted by Crippen LogP contribution is 2.63. The third-order valence-corrected chi connectivity index (χ3v) is 13.8. The van der Waals surface area contributed by atoms with Gasteiger partial charge in [-0.2, -0.15) is 8.42 Å². The summed E-state index contributed by atoms with van der Waals surface area (Å²) in [5.74, 6) is 0. The first kappa shape index (κ1) is 21.4. The summed E-state index contributed by atoms with van der Waals surface area (Å²) in [5.41, 5.74) is 1.03. The molecule has 1 aromatic carbocycles. The second-order valence-electron chi connectivity index (χ2n) is 9.78. The van der Waals surface area contributed by atoms with Gasteiger partial charge in [-0.15, -0.1) is 0 Å². The van der Waals surface area contributed by atoms with Crippen molar-refractivity contribution in [2.24, 2.45) is 0 Å². The largest absolute Gasteiger partial charge is 0.309 e. The minimum Gasteiger partial charge on any atom is -0.309 e. The van der Waals surface area contributed by atoms with Crippen LogP contribution in [0.2, 0.25) is 15.1 Å². The van der Waals surface area contributed by atoms with Gasteiger partial charge in [0, 0.05) is 0 Å². The van der Waals surface area contributed by atoms with Gasteiger partial charge in [0.25, 0.3) is 10.1 Å². The van der Waals surface area contributed by atoms with E-state index in [2.05, 4.69) is 62.3 Å². The van der Waals surface area contributed by atoms with E-state index in [9.17, 15) is 8.42 Å². The Hall–Kier alpha value is -0.653. The molecule has 0 unspecified atom stereocenters. The molecule has 0 bridgehead atoms. The van der Waals surface area contributed by atoms with Crippen LogP contribution in [0.4, 0.5) is 0 Å². The fourth-order valence-corrected chi connectivity index (χ4v) is 16.6. The predicted molar refractivity (Wildman–Crippen MR) is 104 cm³/mol. The van der Waals surface area contributed by atoms with Crippen molar-refractivity contribution in [1.29, 1.82) is 0 Å². The molecule has 0 N–H and O–H groups in total. The predicted octanol–water partition coefficient (Wildman–Crippen LogP) is 6.05. The van der Waals surface area contributed by atoms with Gasteiger partial charge in [0.05, 0.1) is 4.90 Å². The standard InChI is InChI=1S/C19H34O3SSi/c1-15-11-13-16(14-12-15)23(20,21)22-24(17(2,3)4,18(5,6)7)19(8,9)10/h11-14H,1-10H3. The average molecular weight is 371 g/mol. The van der Waals surface area contributed by atoms with Gasteiger partial charge in [-0.3, -0.25) is 0 Å². The van der Waals surface area contributed by atoms with Crippen LogP contribution in [-0.2, 0) is 14.0 Å². The molecule has 1 rings (SSSR count). The van der Waals surface area contributed by atoms with Crippen molar-refractivity contribution in [2.75, 3.05) is 0 Å². The molecular weight excluding hydrogens is 336 g/mol. The maximum atomic E-state index is 13.1. The van der Waals surface area contributed by atoms with E-state index >= 15 is 0 Å². The highest BCUT2D eigenvalue weighted by Gasteiger charge is 2.64. The topological polar surface area (TPSA) is 43.4 Å². The number of hydrogen-bond donors (Lipinski definition) is 0. The van der Waals surface area contributed by atoms with Crippen LogP contribution in [0.25, 0.3) is 0 Å². The molecule has 0 aliphatic carbocycles. The monoisotopic (exact) mass is 370 g/mol. The second-order valence-corrected chi connectivity index (χ2v) is 17.7. The summed E-state index contributed by atoms with van der Waals surface area (Å²) in [6, 6.07) is 6.89. The SMILES string of the molecule is Cc1ccc(S(=O)(=O)O[Si](C(C)(C)C)(C(C)(C)C)C(C)(C)C)cc1. The summed E-state index contributed by atoms with van der Waals surface area (Å²) in [5, 5.41) is -0.746. The van der Waals surface area contributed by atoms with Gasteiger partial charge >= 0.3 is 0 Å². The van der Waals surface area contributed by atoms with Gasteiger partial charge in [0.1, 0.15) is 0 Å². The van der Waals surface area contributed by atoms with E-state index in [4.69, 9.17) is 3.87 Å². The van der Waals surface area contributed by atoms with E-state index in [0.717, 1.165) is 5.56 Å². The molecule has 0 aliphatic rings. The van der Waals surface area contributed by atoms with Crippen LogP contribution in [-0.4, -0.2) is 16.7 Å². The molecule has 0 saturated carbocycles. The zero-order valence-electron chi connectivity index (χ0n) is 16.9. The number of aryl methyl sites for hydroxylation is 1. The Morgan fingerprint density at radius 3 is 1.38 bits per heavy atom. The normalized spacial score (nSPS) is 14.8. The highest BCUT2D eigenvalue weighted by atomic mass is 32.2. The molecule has 1 aromatic rings. The first-order valence-corrected chi connectivity index (χ1v) is 11.8. The maximum absolute atomic E-state index is 13.1. The Labute approximate surface area is 150 Å². The van der Waals surface area contributed by atoms with Crippen molar-refractivity contribution in [2.45, 2.75) is 89.2 Å². The minimum absolute atomic E-state index is 0.239. The molecule has 138 valence electrons. The molecule has 0 aliphatic heterocycles. The number of hydrogen-bond acceptors (Lipinski definition) is 3. The Balaban J connectivity index is 3.61. The fourth-order valence-electron chi connectivity index (χ4n) is 4.67. The van der Waals surface area contributed by atoms with E-state index in [1.165, 1.54) is 0 Å². The lowest BCUT2D eigenvalue weighted by Gasteiger charge is -2.56. The molecular formula is C19H34O3SSi. The number of rotatable bonds is 3. The third-order valence-electron chi connectivity index (χ3n) is 4.71.